The monoisotopic (exact) mass is 240 g/mol. The third kappa shape index (κ3) is 4.66. The average molecular weight is 240 g/mol. The molecule has 0 aromatic rings. The first-order chi connectivity index (χ1) is 7.90. The van der Waals surface area contributed by atoms with Crippen LogP contribution in [0.25, 0.3) is 0 Å². The molecule has 0 bridgehead atoms. The summed E-state index contributed by atoms with van der Waals surface area (Å²) in [5.74, 6) is 1.43. The lowest BCUT2D eigenvalue weighted by Gasteiger charge is -2.40. The highest BCUT2D eigenvalue weighted by atomic mass is 16.2. The molecule has 0 spiro atoms. The summed E-state index contributed by atoms with van der Waals surface area (Å²) in [6.07, 6.45) is 1.78. The molecule has 1 fully saturated rings. The summed E-state index contributed by atoms with van der Waals surface area (Å²) in [5, 5.41) is 3.48. The van der Waals surface area contributed by atoms with Gasteiger partial charge in [0.25, 0.3) is 0 Å². The summed E-state index contributed by atoms with van der Waals surface area (Å²) < 4.78 is 0. The van der Waals surface area contributed by atoms with E-state index < -0.39 is 0 Å². The zero-order valence-corrected chi connectivity index (χ0v) is 12.0. The van der Waals surface area contributed by atoms with E-state index in [4.69, 9.17) is 0 Å². The summed E-state index contributed by atoms with van der Waals surface area (Å²) >= 11 is 0. The smallest absolute Gasteiger partial charge is 0.223 e. The maximum atomic E-state index is 12.2. The van der Waals surface area contributed by atoms with Gasteiger partial charge in [-0.2, -0.15) is 0 Å². The second kappa shape index (κ2) is 6.39. The Hall–Kier alpha value is -0.570. The van der Waals surface area contributed by atoms with Gasteiger partial charge in [0.2, 0.25) is 5.91 Å². The molecule has 2 unspecified atom stereocenters. The van der Waals surface area contributed by atoms with Crippen LogP contribution in [-0.4, -0.2) is 36.0 Å². The zero-order valence-electron chi connectivity index (χ0n) is 12.0. The molecule has 1 heterocycles. The number of hydrogen-bond donors (Lipinski definition) is 1. The number of nitrogens with zero attached hydrogens (tertiary/aromatic N) is 1. The highest BCUT2D eigenvalue weighted by Gasteiger charge is 2.29. The number of piperazine rings is 1. The van der Waals surface area contributed by atoms with Crippen LogP contribution >= 0.6 is 0 Å². The van der Waals surface area contributed by atoms with Gasteiger partial charge in [0.05, 0.1) is 0 Å². The van der Waals surface area contributed by atoms with E-state index in [-0.39, 0.29) is 0 Å². The minimum absolute atomic E-state index is 0.332. The van der Waals surface area contributed by atoms with Crippen LogP contribution in [0.3, 0.4) is 0 Å². The van der Waals surface area contributed by atoms with Crippen molar-refractivity contribution >= 4 is 5.91 Å². The van der Waals surface area contributed by atoms with Crippen LogP contribution in [-0.2, 0) is 4.79 Å². The van der Waals surface area contributed by atoms with Crippen LogP contribution in [0.4, 0.5) is 0 Å². The van der Waals surface area contributed by atoms with Crippen LogP contribution in [0, 0.1) is 11.8 Å². The van der Waals surface area contributed by atoms with E-state index in [1.807, 2.05) is 0 Å². The van der Waals surface area contributed by atoms with Crippen molar-refractivity contribution in [1.29, 1.82) is 0 Å². The van der Waals surface area contributed by atoms with Gasteiger partial charge in [0.1, 0.15) is 0 Å². The number of hydrogen-bond acceptors (Lipinski definition) is 2. The molecule has 1 aliphatic heterocycles. The predicted molar refractivity (Wildman–Crippen MR) is 71.9 cm³/mol. The summed E-state index contributed by atoms with van der Waals surface area (Å²) in [6.45, 7) is 12.6. The van der Waals surface area contributed by atoms with Crippen LogP contribution in [0.2, 0.25) is 0 Å². The molecule has 1 aliphatic rings. The first-order valence-corrected chi connectivity index (χ1v) is 6.93. The predicted octanol–water partition coefficient (Wildman–Crippen LogP) is 2.27. The number of amides is 1. The highest BCUT2D eigenvalue weighted by Crippen LogP contribution is 2.17. The normalized spacial score (nSPS) is 25.7. The van der Waals surface area contributed by atoms with Crippen LogP contribution in [0.15, 0.2) is 0 Å². The van der Waals surface area contributed by atoms with Crippen LogP contribution in [0.5, 0.6) is 0 Å². The van der Waals surface area contributed by atoms with Gasteiger partial charge in [-0.1, -0.05) is 27.7 Å². The Balaban J connectivity index is 2.63. The van der Waals surface area contributed by atoms with Gasteiger partial charge < -0.3 is 10.2 Å². The Morgan fingerprint density at radius 2 is 1.94 bits per heavy atom. The fraction of sp³-hybridized carbons (Fsp3) is 0.929. The van der Waals surface area contributed by atoms with Gasteiger partial charge in [-0.15, -0.1) is 0 Å². The molecule has 1 N–H and O–H groups in total. The average Bonchev–Trinajstić information content (AvgIpc) is 2.19. The Morgan fingerprint density at radius 3 is 2.47 bits per heavy atom. The van der Waals surface area contributed by atoms with Crippen molar-refractivity contribution in [1.82, 2.24) is 10.2 Å². The molecule has 3 heteroatoms. The van der Waals surface area contributed by atoms with Crippen molar-refractivity contribution in [2.75, 3.05) is 13.1 Å². The van der Waals surface area contributed by atoms with Crippen LogP contribution in [0.1, 0.15) is 47.5 Å². The molecular formula is C14H28N2O. The van der Waals surface area contributed by atoms with Gasteiger partial charge in [0, 0.05) is 31.6 Å². The van der Waals surface area contributed by atoms with Crippen molar-refractivity contribution in [2.45, 2.75) is 59.5 Å². The van der Waals surface area contributed by atoms with Crippen molar-refractivity contribution in [3.63, 3.8) is 0 Å². The fourth-order valence-electron chi connectivity index (χ4n) is 2.48. The lowest BCUT2D eigenvalue weighted by Crippen LogP contribution is -2.57. The van der Waals surface area contributed by atoms with Crippen molar-refractivity contribution < 1.29 is 4.79 Å². The molecule has 3 nitrogen and oxygen atoms in total. The maximum absolute atomic E-state index is 12.2. The van der Waals surface area contributed by atoms with E-state index in [9.17, 15) is 4.79 Å². The minimum Gasteiger partial charge on any atom is -0.337 e. The maximum Gasteiger partial charge on any atom is 0.223 e. The van der Waals surface area contributed by atoms with Crippen LogP contribution < -0.4 is 5.32 Å². The van der Waals surface area contributed by atoms with E-state index in [0.717, 1.165) is 19.5 Å². The molecule has 1 amide bonds. The van der Waals surface area contributed by atoms with Gasteiger partial charge in [-0.05, 0) is 25.2 Å². The lowest BCUT2D eigenvalue weighted by molar-refractivity contribution is -0.136. The number of rotatable bonds is 4. The molecule has 100 valence electrons. The lowest BCUT2D eigenvalue weighted by atomic mass is 9.98. The topological polar surface area (TPSA) is 32.3 Å². The minimum atomic E-state index is 0.332. The van der Waals surface area contributed by atoms with Crippen molar-refractivity contribution in [3.8, 4) is 0 Å². The SMILES string of the molecule is CC(C)CC(=O)N1CC(C)NCC1CC(C)C. The molecule has 0 saturated carbocycles. The summed E-state index contributed by atoms with van der Waals surface area (Å²) in [6, 6.07) is 0.812. The first kappa shape index (κ1) is 14.5. The van der Waals surface area contributed by atoms with E-state index in [0.29, 0.717) is 36.2 Å². The van der Waals surface area contributed by atoms with Gasteiger partial charge in [0.15, 0.2) is 0 Å². The molecule has 1 rings (SSSR count). The summed E-state index contributed by atoms with van der Waals surface area (Å²) in [4.78, 5) is 14.4. The number of nitrogens with one attached hydrogen (secondary N) is 1. The molecule has 0 aromatic carbocycles. The van der Waals surface area contributed by atoms with Crippen molar-refractivity contribution in [2.24, 2.45) is 11.8 Å². The molecular weight excluding hydrogens is 212 g/mol. The van der Waals surface area contributed by atoms with E-state index in [2.05, 4.69) is 44.8 Å². The molecule has 17 heavy (non-hydrogen) atoms. The van der Waals surface area contributed by atoms with Gasteiger partial charge in [-0.25, -0.2) is 0 Å². The van der Waals surface area contributed by atoms with E-state index in [1.54, 1.807) is 0 Å². The number of carbonyl (C=O) groups excluding carboxylic acids is 1. The van der Waals surface area contributed by atoms with Gasteiger partial charge >= 0.3 is 0 Å². The Labute approximate surface area is 106 Å². The second-order valence-corrected chi connectivity index (χ2v) is 6.24. The quantitative estimate of drug-likeness (QED) is 0.817. The molecule has 1 saturated heterocycles. The first-order valence-electron chi connectivity index (χ1n) is 6.93. The molecule has 0 radical (unpaired) electrons. The Morgan fingerprint density at radius 1 is 1.29 bits per heavy atom. The highest BCUT2D eigenvalue weighted by molar-refractivity contribution is 5.77. The van der Waals surface area contributed by atoms with Gasteiger partial charge in [-0.3, -0.25) is 4.79 Å². The van der Waals surface area contributed by atoms with Crippen molar-refractivity contribution in [3.05, 3.63) is 0 Å². The third-order valence-electron chi connectivity index (χ3n) is 3.26. The molecule has 0 aromatic heterocycles. The Kier molecular flexibility index (Phi) is 5.44. The zero-order chi connectivity index (χ0) is 13.0. The summed E-state index contributed by atoms with van der Waals surface area (Å²) in [7, 11) is 0. The summed E-state index contributed by atoms with van der Waals surface area (Å²) in [5.41, 5.74) is 0. The largest absolute Gasteiger partial charge is 0.337 e. The van der Waals surface area contributed by atoms with E-state index in [1.165, 1.54) is 0 Å². The number of carbonyl (C=O) groups is 1. The Bertz CT molecular complexity index is 251. The van der Waals surface area contributed by atoms with E-state index >= 15 is 0 Å². The molecule has 0 aliphatic carbocycles. The molecule has 2 atom stereocenters. The standard InChI is InChI=1S/C14H28N2O/c1-10(2)6-13-8-15-12(5)9-16(13)14(17)7-11(3)4/h10-13,15H,6-9H2,1-5H3. The second-order valence-electron chi connectivity index (χ2n) is 6.24. The third-order valence-corrected chi connectivity index (χ3v) is 3.26. The fourth-order valence-corrected chi connectivity index (χ4v) is 2.48.